The van der Waals surface area contributed by atoms with Gasteiger partial charge in [-0.1, -0.05) is 0 Å². The molecule has 7 heteroatoms. The van der Waals surface area contributed by atoms with Crippen molar-refractivity contribution < 1.29 is 18.3 Å². The van der Waals surface area contributed by atoms with E-state index in [1.807, 2.05) is 0 Å². The molecule has 2 rings (SSSR count). The number of benzene rings is 1. The molecule has 1 aromatic carbocycles. The number of amides is 1. The van der Waals surface area contributed by atoms with E-state index in [0.29, 0.717) is 18.5 Å². The average Bonchev–Trinajstić information content (AvgIpc) is 2.83. The van der Waals surface area contributed by atoms with Gasteiger partial charge in [0.2, 0.25) is 0 Å². The second-order valence-electron chi connectivity index (χ2n) is 5.13. The molecule has 1 heterocycles. The van der Waals surface area contributed by atoms with Gasteiger partial charge in [-0.2, -0.15) is 0 Å². The summed E-state index contributed by atoms with van der Waals surface area (Å²) in [5.41, 5.74) is -0.533. The minimum Gasteiger partial charge on any atom is -0.387 e. The van der Waals surface area contributed by atoms with Crippen LogP contribution in [0.4, 0.5) is 0 Å². The Balaban J connectivity index is 1.99. The molecule has 1 atom stereocenters. The maximum Gasteiger partial charge on any atom is 0.251 e. The lowest BCUT2D eigenvalue weighted by Crippen LogP contribution is -2.44. The molecule has 1 aliphatic rings. The van der Waals surface area contributed by atoms with Crippen LogP contribution in [0.3, 0.4) is 0 Å². The van der Waals surface area contributed by atoms with Crippen LogP contribution in [-0.2, 0) is 9.84 Å². The van der Waals surface area contributed by atoms with E-state index in [1.54, 1.807) is 0 Å². The molecule has 1 aliphatic heterocycles. The van der Waals surface area contributed by atoms with Crippen LogP contribution < -0.4 is 10.6 Å². The van der Waals surface area contributed by atoms with E-state index < -0.39 is 15.4 Å². The molecule has 0 radical (unpaired) electrons. The lowest BCUT2D eigenvalue weighted by Gasteiger charge is -2.21. The number of sulfone groups is 1. The third-order valence-corrected chi connectivity index (χ3v) is 4.47. The molecule has 0 aromatic heterocycles. The highest BCUT2D eigenvalue weighted by Crippen LogP contribution is 2.14. The smallest absolute Gasteiger partial charge is 0.251 e. The Labute approximate surface area is 118 Å². The highest BCUT2D eigenvalue weighted by atomic mass is 32.2. The van der Waals surface area contributed by atoms with Crippen molar-refractivity contribution in [3.63, 3.8) is 0 Å². The van der Waals surface area contributed by atoms with Gasteiger partial charge < -0.3 is 15.7 Å². The van der Waals surface area contributed by atoms with Crippen molar-refractivity contribution in [2.75, 3.05) is 25.9 Å². The first-order valence-corrected chi connectivity index (χ1v) is 8.21. The zero-order valence-corrected chi connectivity index (χ0v) is 12.0. The topological polar surface area (TPSA) is 95.5 Å². The zero-order valence-electron chi connectivity index (χ0n) is 11.2. The zero-order chi connectivity index (χ0) is 14.8. The molecule has 0 bridgehead atoms. The van der Waals surface area contributed by atoms with Crippen LogP contribution in [-0.4, -0.2) is 50.9 Å². The van der Waals surface area contributed by atoms with Gasteiger partial charge in [0.1, 0.15) is 0 Å². The van der Waals surface area contributed by atoms with Crippen molar-refractivity contribution in [2.24, 2.45) is 0 Å². The molecular formula is C13H18N2O4S. The molecule has 1 amide bonds. The average molecular weight is 298 g/mol. The van der Waals surface area contributed by atoms with Crippen LogP contribution in [0.1, 0.15) is 16.8 Å². The number of carbonyl (C=O) groups is 1. The lowest BCUT2D eigenvalue weighted by molar-refractivity contribution is 0.0562. The van der Waals surface area contributed by atoms with Gasteiger partial charge in [0.25, 0.3) is 5.91 Å². The van der Waals surface area contributed by atoms with Gasteiger partial charge in [-0.05, 0) is 37.2 Å². The van der Waals surface area contributed by atoms with Crippen molar-refractivity contribution in [1.82, 2.24) is 10.6 Å². The molecular weight excluding hydrogens is 280 g/mol. The maximum absolute atomic E-state index is 11.9. The summed E-state index contributed by atoms with van der Waals surface area (Å²) in [4.78, 5) is 12.1. The van der Waals surface area contributed by atoms with E-state index in [9.17, 15) is 18.3 Å². The Morgan fingerprint density at radius 3 is 2.55 bits per heavy atom. The molecule has 3 N–H and O–H groups in total. The van der Waals surface area contributed by atoms with Gasteiger partial charge in [-0.3, -0.25) is 4.79 Å². The summed E-state index contributed by atoms with van der Waals surface area (Å²) in [6.45, 7) is 1.36. The maximum atomic E-state index is 11.9. The van der Waals surface area contributed by atoms with E-state index in [-0.39, 0.29) is 17.3 Å². The van der Waals surface area contributed by atoms with Crippen molar-refractivity contribution in [1.29, 1.82) is 0 Å². The standard InChI is InChI=1S/C13H18N2O4S/c1-20(18,19)11-4-2-10(3-5-11)12(16)15-9-13(17)6-7-14-8-13/h2-5,14,17H,6-9H2,1H3,(H,15,16). The molecule has 0 spiro atoms. The second kappa shape index (κ2) is 5.51. The molecule has 0 saturated carbocycles. The normalized spacial score (nSPS) is 22.7. The van der Waals surface area contributed by atoms with Gasteiger partial charge in [0.15, 0.2) is 9.84 Å². The number of rotatable bonds is 4. The quantitative estimate of drug-likeness (QED) is 0.699. The monoisotopic (exact) mass is 298 g/mol. The summed E-state index contributed by atoms with van der Waals surface area (Å²) in [5.74, 6) is -0.328. The molecule has 6 nitrogen and oxygen atoms in total. The Kier molecular flexibility index (Phi) is 4.12. The van der Waals surface area contributed by atoms with Gasteiger partial charge >= 0.3 is 0 Å². The van der Waals surface area contributed by atoms with Gasteiger partial charge in [-0.15, -0.1) is 0 Å². The third kappa shape index (κ3) is 3.56. The van der Waals surface area contributed by atoms with E-state index in [4.69, 9.17) is 0 Å². The fourth-order valence-corrected chi connectivity index (χ4v) is 2.71. The SMILES string of the molecule is CS(=O)(=O)c1ccc(C(=O)NCC2(O)CCNC2)cc1. The van der Waals surface area contributed by atoms with E-state index in [0.717, 1.165) is 12.8 Å². The molecule has 1 unspecified atom stereocenters. The number of aliphatic hydroxyl groups is 1. The summed E-state index contributed by atoms with van der Waals surface area (Å²) in [6, 6.07) is 5.72. The van der Waals surface area contributed by atoms with Crippen molar-refractivity contribution in [2.45, 2.75) is 16.9 Å². The minimum atomic E-state index is -3.26. The predicted molar refractivity (Wildman–Crippen MR) is 74.3 cm³/mol. The summed E-state index contributed by atoms with van der Waals surface area (Å²) in [7, 11) is -3.26. The first-order valence-electron chi connectivity index (χ1n) is 6.32. The van der Waals surface area contributed by atoms with Gasteiger partial charge in [0.05, 0.1) is 10.5 Å². The molecule has 1 fully saturated rings. The summed E-state index contributed by atoms with van der Waals surface area (Å²) in [6.07, 6.45) is 1.71. The summed E-state index contributed by atoms with van der Waals surface area (Å²) in [5, 5.41) is 15.8. The third-order valence-electron chi connectivity index (χ3n) is 3.34. The Morgan fingerprint density at radius 2 is 2.05 bits per heavy atom. The Morgan fingerprint density at radius 1 is 1.40 bits per heavy atom. The number of carbonyl (C=O) groups excluding carboxylic acids is 1. The van der Waals surface area contributed by atoms with Gasteiger partial charge in [-0.25, -0.2) is 8.42 Å². The van der Waals surface area contributed by atoms with Crippen LogP contribution in [0.2, 0.25) is 0 Å². The van der Waals surface area contributed by atoms with Crippen LogP contribution in [0, 0.1) is 0 Å². The van der Waals surface area contributed by atoms with Crippen molar-refractivity contribution >= 4 is 15.7 Å². The first-order chi connectivity index (χ1) is 9.30. The van der Waals surface area contributed by atoms with Crippen LogP contribution in [0.25, 0.3) is 0 Å². The Bertz CT molecular complexity index is 589. The van der Waals surface area contributed by atoms with Crippen LogP contribution >= 0.6 is 0 Å². The van der Waals surface area contributed by atoms with E-state index >= 15 is 0 Å². The van der Waals surface area contributed by atoms with Crippen LogP contribution in [0.5, 0.6) is 0 Å². The fraction of sp³-hybridized carbons (Fsp3) is 0.462. The second-order valence-corrected chi connectivity index (χ2v) is 7.15. The molecule has 20 heavy (non-hydrogen) atoms. The number of nitrogens with one attached hydrogen (secondary N) is 2. The number of hydrogen-bond acceptors (Lipinski definition) is 5. The largest absolute Gasteiger partial charge is 0.387 e. The van der Waals surface area contributed by atoms with Crippen molar-refractivity contribution in [3.8, 4) is 0 Å². The number of hydrogen-bond donors (Lipinski definition) is 3. The van der Waals surface area contributed by atoms with Crippen LogP contribution in [0.15, 0.2) is 29.2 Å². The highest BCUT2D eigenvalue weighted by Gasteiger charge is 2.31. The molecule has 1 aromatic rings. The summed E-state index contributed by atoms with van der Waals surface area (Å²) >= 11 is 0. The molecule has 110 valence electrons. The van der Waals surface area contributed by atoms with Gasteiger partial charge in [0, 0.05) is 24.9 Å². The first kappa shape index (κ1) is 15.0. The fourth-order valence-electron chi connectivity index (χ4n) is 2.08. The molecule has 1 saturated heterocycles. The van der Waals surface area contributed by atoms with Crippen molar-refractivity contribution in [3.05, 3.63) is 29.8 Å². The Hall–Kier alpha value is -1.44. The van der Waals surface area contributed by atoms with E-state index in [2.05, 4.69) is 10.6 Å². The highest BCUT2D eigenvalue weighted by molar-refractivity contribution is 7.90. The predicted octanol–water partition coefficient (Wildman–Crippen LogP) is -0.456. The minimum absolute atomic E-state index is 0.173. The molecule has 0 aliphatic carbocycles. The lowest BCUT2D eigenvalue weighted by atomic mass is 10.0. The number of β-amino-alcohol motifs (C(OH)–C–C–N with tert-alkyl or cyclic N) is 1. The van der Waals surface area contributed by atoms with E-state index in [1.165, 1.54) is 24.3 Å². The summed E-state index contributed by atoms with van der Waals surface area (Å²) < 4.78 is 22.6.